The molecule has 0 aliphatic rings. The van der Waals surface area contributed by atoms with Crippen LogP contribution in [0.3, 0.4) is 0 Å². The van der Waals surface area contributed by atoms with Gasteiger partial charge in [0.2, 0.25) is 0 Å². The molecule has 0 spiro atoms. The van der Waals surface area contributed by atoms with Gasteiger partial charge in [-0.25, -0.2) is 4.79 Å². The minimum atomic E-state index is -0.354. The van der Waals surface area contributed by atoms with Crippen molar-refractivity contribution in [3.05, 3.63) is 71.3 Å². The van der Waals surface area contributed by atoms with Crippen molar-refractivity contribution in [2.24, 2.45) is 5.16 Å². The number of hydrogen-bond donors (Lipinski definition) is 1. The molecule has 5 heteroatoms. The molecule has 5 nitrogen and oxygen atoms in total. The average Bonchev–Trinajstić information content (AvgIpc) is 2.65. The van der Waals surface area contributed by atoms with Crippen molar-refractivity contribution in [1.82, 2.24) is 0 Å². The van der Waals surface area contributed by atoms with Gasteiger partial charge >= 0.3 is 5.97 Å². The summed E-state index contributed by atoms with van der Waals surface area (Å²) in [6.07, 6.45) is 3.57. The number of ether oxygens (including phenoxy) is 2. The van der Waals surface area contributed by atoms with Crippen molar-refractivity contribution >= 4 is 17.8 Å². The second kappa shape index (κ2) is 8.53. The molecular weight excluding hydrogens is 306 g/mol. The number of oxime groups is 1. The van der Waals surface area contributed by atoms with Gasteiger partial charge in [-0.05, 0) is 48.4 Å². The van der Waals surface area contributed by atoms with Crippen LogP contribution in [0.1, 0.15) is 28.4 Å². The summed E-state index contributed by atoms with van der Waals surface area (Å²) in [5.74, 6) is 0.393. The molecule has 0 saturated carbocycles. The van der Waals surface area contributed by atoms with Crippen molar-refractivity contribution in [2.75, 3.05) is 7.11 Å². The van der Waals surface area contributed by atoms with Crippen LogP contribution in [0.5, 0.6) is 5.75 Å². The predicted octanol–water partition coefficient (Wildman–Crippen LogP) is 3.92. The first-order valence-electron chi connectivity index (χ1n) is 7.39. The quantitative estimate of drug-likeness (QED) is 0.378. The maximum absolute atomic E-state index is 11.4. The number of benzene rings is 2. The molecule has 0 saturated heterocycles. The number of hydrogen-bond acceptors (Lipinski definition) is 5. The summed E-state index contributed by atoms with van der Waals surface area (Å²) in [7, 11) is 1.36. The van der Waals surface area contributed by atoms with E-state index in [1.54, 1.807) is 25.1 Å². The SMILES string of the molecule is COC(=O)c1ccc(COc2ccc(/C=C/C(C)=N\O)cc2)cc1. The lowest BCUT2D eigenvalue weighted by Crippen LogP contribution is -2.01. The maximum Gasteiger partial charge on any atom is 0.337 e. The Balaban J connectivity index is 1.92. The first-order chi connectivity index (χ1) is 11.6. The minimum Gasteiger partial charge on any atom is -0.489 e. The van der Waals surface area contributed by atoms with Gasteiger partial charge in [0, 0.05) is 0 Å². The lowest BCUT2D eigenvalue weighted by Gasteiger charge is -2.07. The number of nitrogens with zero attached hydrogens (tertiary/aromatic N) is 1. The predicted molar refractivity (Wildman–Crippen MR) is 92.5 cm³/mol. The first-order valence-corrected chi connectivity index (χ1v) is 7.39. The van der Waals surface area contributed by atoms with Crippen LogP contribution in [-0.2, 0) is 11.3 Å². The monoisotopic (exact) mass is 325 g/mol. The summed E-state index contributed by atoms with van der Waals surface area (Å²) in [6.45, 7) is 2.12. The van der Waals surface area contributed by atoms with Crippen molar-refractivity contribution in [3.63, 3.8) is 0 Å². The summed E-state index contributed by atoms with van der Waals surface area (Å²) in [5, 5.41) is 11.7. The third-order valence-electron chi connectivity index (χ3n) is 3.34. The van der Waals surface area contributed by atoms with Gasteiger partial charge in [-0.1, -0.05) is 35.5 Å². The summed E-state index contributed by atoms with van der Waals surface area (Å²) < 4.78 is 10.4. The van der Waals surface area contributed by atoms with E-state index in [9.17, 15) is 4.79 Å². The van der Waals surface area contributed by atoms with E-state index in [0.29, 0.717) is 17.9 Å². The Morgan fingerprint density at radius 2 is 1.79 bits per heavy atom. The van der Waals surface area contributed by atoms with Crippen LogP contribution in [0.4, 0.5) is 0 Å². The molecule has 24 heavy (non-hydrogen) atoms. The number of carbonyl (C=O) groups is 1. The van der Waals surface area contributed by atoms with Gasteiger partial charge in [0.15, 0.2) is 0 Å². The fourth-order valence-corrected chi connectivity index (χ4v) is 1.95. The van der Waals surface area contributed by atoms with E-state index in [4.69, 9.17) is 9.94 Å². The Morgan fingerprint density at radius 3 is 2.38 bits per heavy atom. The van der Waals surface area contributed by atoms with Crippen LogP contribution in [-0.4, -0.2) is 24.0 Å². The summed E-state index contributed by atoms with van der Waals surface area (Å²) >= 11 is 0. The molecule has 0 atom stereocenters. The second-order valence-electron chi connectivity index (χ2n) is 5.12. The zero-order chi connectivity index (χ0) is 17.4. The van der Waals surface area contributed by atoms with Gasteiger partial charge in [-0.15, -0.1) is 0 Å². The third kappa shape index (κ3) is 4.98. The smallest absolute Gasteiger partial charge is 0.337 e. The molecule has 0 heterocycles. The third-order valence-corrected chi connectivity index (χ3v) is 3.34. The standard InChI is InChI=1S/C19H19NO4/c1-14(20-22)3-4-15-7-11-18(12-8-15)24-13-16-5-9-17(10-6-16)19(21)23-2/h3-12,22H,13H2,1-2H3/b4-3+,20-14-. The maximum atomic E-state index is 11.4. The first kappa shape index (κ1) is 17.3. The fourth-order valence-electron chi connectivity index (χ4n) is 1.95. The fraction of sp³-hybridized carbons (Fsp3) is 0.158. The highest BCUT2D eigenvalue weighted by atomic mass is 16.5. The molecule has 0 aliphatic carbocycles. The highest BCUT2D eigenvalue weighted by molar-refractivity contribution is 5.95. The summed E-state index contributed by atoms with van der Waals surface area (Å²) in [5.41, 5.74) is 2.99. The Bertz CT molecular complexity index is 731. The van der Waals surface area contributed by atoms with Gasteiger partial charge in [-0.3, -0.25) is 0 Å². The highest BCUT2D eigenvalue weighted by Crippen LogP contribution is 2.15. The zero-order valence-electron chi connectivity index (χ0n) is 13.6. The van der Waals surface area contributed by atoms with E-state index in [0.717, 1.165) is 16.9 Å². The van der Waals surface area contributed by atoms with E-state index in [1.807, 2.05) is 42.5 Å². The summed E-state index contributed by atoms with van der Waals surface area (Å²) in [6, 6.07) is 14.7. The van der Waals surface area contributed by atoms with Crippen molar-refractivity contribution < 1.29 is 19.5 Å². The molecule has 0 bridgehead atoms. The van der Waals surface area contributed by atoms with Gasteiger partial charge in [0.25, 0.3) is 0 Å². The van der Waals surface area contributed by atoms with Gasteiger partial charge < -0.3 is 14.7 Å². The molecule has 0 fully saturated rings. The molecule has 124 valence electrons. The molecule has 0 amide bonds. The van der Waals surface area contributed by atoms with Crippen LogP contribution in [0.25, 0.3) is 6.08 Å². The van der Waals surface area contributed by atoms with Gasteiger partial charge in [-0.2, -0.15) is 0 Å². The Kier molecular flexibility index (Phi) is 6.14. The highest BCUT2D eigenvalue weighted by Gasteiger charge is 2.04. The number of esters is 1. The normalized spacial score (nSPS) is 11.5. The zero-order valence-corrected chi connectivity index (χ0v) is 13.6. The Hall–Kier alpha value is -3.08. The lowest BCUT2D eigenvalue weighted by atomic mass is 10.1. The molecular formula is C19H19NO4. The molecule has 0 aliphatic heterocycles. The topological polar surface area (TPSA) is 68.1 Å². The Morgan fingerprint density at radius 1 is 1.12 bits per heavy atom. The molecule has 2 aromatic rings. The second-order valence-corrected chi connectivity index (χ2v) is 5.12. The molecule has 2 rings (SSSR count). The van der Waals surface area contributed by atoms with Crippen molar-refractivity contribution in [1.29, 1.82) is 0 Å². The number of methoxy groups -OCH3 is 1. The minimum absolute atomic E-state index is 0.354. The van der Waals surface area contributed by atoms with E-state index in [-0.39, 0.29) is 5.97 Å². The average molecular weight is 325 g/mol. The van der Waals surface area contributed by atoms with Crippen molar-refractivity contribution in [2.45, 2.75) is 13.5 Å². The molecule has 2 aromatic carbocycles. The van der Waals surface area contributed by atoms with Crippen LogP contribution >= 0.6 is 0 Å². The number of rotatable bonds is 6. The van der Waals surface area contributed by atoms with E-state index in [1.165, 1.54) is 7.11 Å². The Labute approximate surface area is 140 Å². The lowest BCUT2D eigenvalue weighted by molar-refractivity contribution is 0.0600. The molecule has 0 aromatic heterocycles. The molecule has 0 unspecified atom stereocenters. The van der Waals surface area contributed by atoms with Gasteiger partial charge in [0.1, 0.15) is 12.4 Å². The van der Waals surface area contributed by atoms with Crippen LogP contribution < -0.4 is 4.74 Å². The van der Waals surface area contributed by atoms with Crippen molar-refractivity contribution in [3.8, 4) is 5.75 Å². The van der Waals surface area contributed by atoms with E-state index in [2.05, 4.69) is 9.89 Å². The van der Waals surface area contributed by atoms with Crippen LogP contribution in [0.15, 0.2) is 59.8 Å². The summed E-state index contributed by atoms with van der Waals surface area (Å²) in [4.78, 5) is 11.4. The largest absolute Gasteiger partial charge is 0.489 e. The molecule has 0 radical (unpaired) electrons. The van der Waals surface area contributed by atoms with Crippen LogP contribution in [0, 0.1) is 0 Å². The number of carbonyl (C=O) groups excluding carboxylic acids is 1. The number of allylic oxidation sites excluding steroid dienone is 1. The van der Waals surface area contributed by atoms with E-state index >= 15 is 0 Å². The van der Waals surface area contributed by atoms with Gasteiger partial charge in [0.05, 0.1) is 18.4 Å². The van der Waals surface area contributed by atoms with E-state index < -0.39 is 0 Å². The molecule has 1 N–H and O–H groups in total. The van der Waals surface area contributed by atoms with Crippen LogP contribution in [0.2, 0.25) is 0 Å².